The SMILES string of the molecule is CCC(Sc1nc2ccccc2c(=O)n1CC)C(=O)Nc1cc(=O)n(-c2ccccc2)[nH]1. The van der Waals surface area contributed by atoms with Gasteiger partial charge in [-0.15, -0.1) is 0 Å². The third kappa shape index (κ3) is 4.24. The molecule has 8 nitrogen and oxygen atoms in total. The third-order valence-corrected chi connectivity index (χ3v) is 6.40. The van der Waals surface area contributed by atoms with E-state index in [1.165, 1.54) is 22.5 Å². The molecule has 0 fully saturated rings. The lowest BCUT2D eigenvalue weighted by Crippen LogP contribution is -2.28. The maximum absolute atomic E-state index is 13.0. The fourth-order valence-electron chi connectivity index (χ4n) is 3.41. The summed E-state index contributed by atoms with van der Waals surface area (Å²) in [6.45, 7) is 4.22. The van der Waals surface area contributed by atoms with E-state index in [1.54, 1.807) is 28.8 Å². The minimum absolute atomic E-state index is 0.125. The molecule has 2 aromatic carbocycles. The minimum atomic E-state index is -0.496. The van der Waals surface area contributed by atoms with Gasteiger partial charge in [-0.05, 0) is 37.6 Å². The van der Waals surface area contributed by atoms with Gasteiger partial charge < -0.3 is 5.32 Å². The van der Waals surface area contributed by atoms with Crippen molar-refractivity contribution in [1.29, 1.82) is 0 Å². The molecule has 0 bridgehead atoms. The molecular weight excluding hydrogens is 426 g/mol. The molecule has 9 heteroatoms. The van der Waals surface area contributed by atoms with Crippen molar-refractivity contribution >= 4 is 34.4 Å². The van der Waals surface area contributed by atoms with Crippen LogP contribution in [0.4, 0.5) is 5.82 Å². The first kappa shape index (κ1) is 21.6. The topological polar surface area (TPSA) is 102 Å². The van der Waals surface area contributed by atoms with Gasteiger partial charge in [-0.1, -0.05) is 49.0 Å². The summed E-state index contributed by atoms with van der Waals surface area (Å²) >= 11 is 1.24. The minimum Gasteiger partial charge on any atom is -0.310 e. The number of amides is 1. The zero-order chi connectivity index (χ0) is 22.7. The van der Waals surface area contributed by atoms with Crippen LogP contribution in [-0.2, 0) is 11.3 Å². The van der Waals surface area contributed by atoms with E-state index in [2.05, 4.69) is 15.4 Å². The first-order chi connectivity index (χ1) is 15.5. The van der Waals surface area contributed by atoms with Crippen LogP contribution in [0.15, 0.2) is 75.4 Å². The van der Waals surface area contributed by atoms with Crippen LogP contribution < -0.4 is 16.4 Å². The predicted molar refractivity (Wildman–Crippen MR) is 127 cm³/mol. The predicted octanol–water partition coefficient (Wildman–Crippen LogP) is 3.40. The highest BCUT2D eigenvalue weighted by Crippen LogP contribution is 2.25. The second-order valence-electron chi connectivity index (χ2n) is 7.14. The van der Waals surface area contributed by atoms with Gasteiger partial charge in [0.25, 0.3) is 11.1 Å². The monoisotopic (exact) mass is 449 g/mol. The lowest BCUT2D eigenvalue weighted by atomic mass is 10.2. The van der Waals surface area contributed by atoms with Gasteiger partial charge in [-0.25, -0.2) is 9.67 Å². The van der Waals surface area contributed by atoms with E-state index in [0.29, 0.717) is 40.5 Å². The van der Waals surface area contributed by atoms with Gasteiger partial charge in [0, 0.05) is 12.6 Å². The van der Waals surface area contributed by atoms with E-state index in [9.17, 15) is 14.4 Å². The van der Waals surface area contributed by atoms with Gasteiger partial charge >= 0.3 is 0 Å². The molecule has 32 heavy (non-hydrogen) atoms. The average Bonchev–Trinajstić information content (AvgIpc) is 3.18. The Morgan fingerprint density at radius 3 is 2.53 bits per heavy atom. The molecule has 4 aromatic rings. The Bertz CT molecular complexity index is 1370. The van der Waals surface area contributed by atoms with E-state index in [-0.39, 0.29) is 17.0 Å². The summed E-state index contributed by atoms with van der Waals surface area (Å²) in [6.07, 6.45) is 0.520. The summed E-state index contributed by atoms with van der Waals surface area (Å²) in [5.41, 5.74) is 0.874. The fraction of sp³-hybridized carbons (Fsp3) is 0.217. The summed E-state index contributed by atoms with van der Waals surface area (Å²) in [4.78, 5) is 42.8. The summed E-state index contributed by atoms with van der Waals surface area (Å²) < 4.78 is 2.94. The Kier molecular flexibility index (Phi) is 6.27. The van der Waals surface area contributed by atoms with Crippen LogP contribution >= 0.6 is 11.8 Å². The van der Waals surface area contributed by atoms with E-state index < -0.39 is 5.25 Å². The van der Waals surface area contributed by atoms with Crippen molar-refractivity contribution in [2.24, 2.45) is 0 Å². The van der Waals surface area contributed by atoms with Gasteiger partial charge in [-0.3, -0.25) is 24.0 Å². The largest absolute Gasteiger partial charge is 0.310 e. The maximum atomic E-state index is 13.0. The van der Waals surface area contributed by atoms with Crippen molar-refractivity contribution in [1.82, 2.24) is 19.3 Å². The molecule has 1 amide bonds. The van der Waals surface area contributed by atoms with E-state index >= 15 is 0 Å². The molecule has 4 rings (SSSR count). The number of carbonyl (C=O) groups excluding carboxylic acids is 1. The van der Waals surface area contributed by atoms with Gasteiger partial charge in [0.05, 0.1) is 21.8 Å². The number of aromatic nitrogens is 4. The average molecular weight is 450 g/mol. The number of nitrogens with zero attached hydrogens (tertiary/aromatic N) is 3. The van der Waals surface area contributed by atoms with Crippen LogP contribution in [0.2, 0.25) is 0 Å². The molecule has 1 atom stereocenters. The van der Waals surface area contributed by atoms with Crippen LogP contribution in [0.3, 0.4) is 0 Å². The molecule has 0 saturated heterocycles. The molecule has 2 heterocycles. The number of thioether (sulfide) groups is 1. The Labute approximate surface area is 188 Å². The van der Waals surface area contributed by atoms with Crippen molar-refractivity contribution in [3.63, 3.8) is 0 Å². The third-order valence-electron chi connectivity index (χ3n) is 5.05. The Morgan fingerprint density at radius 1 is 1.09 bits per heavy atom. The van der Waals surface area contributed by atoms with Crippen molar-refractivity contribution in [2.75, 3.05) is 5.32 Å². The molecule has 0 radical (unpaired) electrons. The number of hydrogen-bond donors (Lipinski definition) is 2. The van der Waals surface area contributed by atoms with Crippen molar-refractivity contribution in [2.45, 2.75) is 37.2 Å². The smallest absolute Gasteiger partial charge is 0.273 e. The molecule has 164 valence electrons. The standard InChI is InChI=1S/C23H23N5O3S/c1-3-18(32-23-24-17-13-9-8-12-16(17)22(31)27(23)4-2)21(30)25-19-14-20(29)28(26-19)15-10-6-5-7-11-15/h5-14,18,26H,3-4H2,1-2H3,(H,25,30). The molecule has 0 aliphatic heterocycles. The van der Waals surface area contributed by atoms with Crippen LogP contribution in [0.5, 0.6) is 0 Å². The highest BCUT2D eigenvalue weighted by Gasteiger charge is 2.22. The number of rotatable bonds is 7. The Morgan fingerprint density at radius 2 is 1.81 bits per heavy atom. The second kappa shape index (κ2) is 9.27. The molecule has 0 saturated carbocycles. The number of hydrogen-bond acceptors (Lipinski definition) is 5. The fourth-order valence-corrected chi connectivity index (χ4v) is 4.49. The van der Waals surface area contributed by atoms with Gasteiger partial charge in [0.1, 0.15) is 5.82 Å². The summed E-state index contributed by atoms with van der Waals surface area (Å²) in [5.74, 6) is 0.0336. The molecule has 0 spiro atoms. The van der Waals surface area contributed by atoms with Crippen LogP contribution in [0.1, 0.15) is 20.3 Å². The zero-order valence-corrected chi connectivity index (χ0v) is 18.6. The van der Waals surface area contributed by atoms with Crippen molar-refractivity contribution < 1.29 is 4.79 Å². The summed E-state index contributed by atoms with van der Waals surface area (Å²) in [7, 11) is 0. The normalized spacial score (nSPS) is 12.1. The summed E-state index contributed by atoms with van der Waals surface area (Å²) in [6, 6.07) is 17.6. The number of carbonyl (C=O) groups is 1. The highest BCUT2D eigenvalue weighted by molar-refractivity contribution is 8.00. The lowest BCUT2D eigenvalue weighted by Gasteiger charge is -2.16. The first-order valence-corrected chi connectivity index (χ1v) is 11.2. The second-order valence-corrected chi connectivity index (χ2v) is 8.31. The zero-order valence-electron chi connectivity index (χ0n) is 17.7. The van der Waals surface area contributed by atoms with Gasteiger partial charge in [-0.2, -0.15) is 0 Å². The number of fused-ring (bicyclic) bond motifs is 1. The van der Waals surface area contributed by atoms with Crippen LogP contribution in [0.25, 0.3) is 16.6 Å². The molecule has 0 aliphatic carbocycles. The number of benzene rings is 2. The van der Waals surface area contributed by atoms with E-state index in [0.717, 1.165) is 0 Å². The van der Waals surface area contributed by atoms with Crippen LogP contribution in [0, 0.1) is 0 Å². The number of aromatic amines is 1. The van der Waals surface area contributed by atoms with E-state index in [1.807, 2.05) is 44.2 Å². The van der Waals surface area contributed by atoms with E-state index in [4.69, 9.17) is 0 Å². The van der Waals surface area contributed by atoms with Crippen LogP contribution in [-0.4, -0.2) is 30.5 Å². The quantitative estimate of drug-likeness (QED) is 0.333. The highest BCUT2D eigenvalue weighted by atomic mass is 32.2. The Balaban J connectivity index is 1.58. The molecular formula is C23H23N5O3S. The number of H-pyrrole nitrogens is 1. The number of anilines is 1. The molecule has 0 aliphatic rings. The molecule has 2 aromatic heterocycles. The maximum Gasteiger partial charge on any atom is 0.273 e. The molecule has 2 N–H and O–H groups in total. The Hall–Kier alpha value is -3.59. The molecule has 1 unspecified atom stereocenters. The summed E-state index contributed by atoms with van der Waals surface area (Å²) in [5, 5.41) is 6.25. The number of para-hydroxylation sites is 2. The van der Waals surface area contributed by atoms with Gasteiger partial charge in [0.2, 0.25) is 5.91 Å². The number of nitrogens with one attached hydrogen (secondary N) is 2. The van der Waals surface area contributed by atoms with Crippen molar-refractivity contribution in [3.8, 4) is 5.69 Å². The van der Waals surface area contributed by atoms with Crippen molar-refractivity contribution in [3.05, 3.63) is 81.4 Å². The van der Waals surface area contributed by atoms with Gasteiger partial charge in [0.15, 0.2) is 5.16 Å². The lowest BCUT2D eigenvalue weighted by molar-refractivity contribution is -0.115. The first-order valence-electron chi connectivity index (χ1n) is 10.4.